The van der Waals surface area contributed by atoms with E-state index in [1.807, 2.05) is 11.3 Å². The molecule has 0 saturated carbocycles. The number of hydrogen-bond acceptors (Lipinski definition) is 3. The lowest BCUT2D eigenvalue weighted by Gasteiger charge is -2.27. The minimum atomic E-state index is 0.861. The molecule has 0 N–H and O–H groups in total. The molecule has 0 unspecified atom stereocenters. The lowest BCUT2D eigenvalue weighted by Crippen LogP contribution is -2.10. The van der Waals surface area contributed by atoms with E-state index in [1.54, 1.807) is 0 Å². The zero-order valence-corrected chi connectivity index (χ0v) is 32.8. The number of benzene rings is 10. The SMILES string of the molecule is c1ccc(-c2ccc3c(c2)oc2cc(N(c4ccc(-c5ccc6c(ccc7ccccc76)c5)cc4)c4ccc(-c5ccccc5)c5sc6ccccc6c45)ccc23)cc1. The van der Waals surface area contributed by atoms with E-state index in [-0.39, 0.29) is 0 Å². The summed E-state index contributed by atoms with van der Waals surface area (Å²) in [7, 11) is 0. The van der Waals surface area contributed by atoms with Gasteiger partial charge in [-0.15, -0.1) is 11.3 Å². The second-order valence-electron chi connectivity index (χ2n) is 15.3. The molecule has 12 aromatic rings. The Morgan fingerprint density at radius 1 is 0.356 bits per heavy atom. The van der Waals surface area contributed by atoms with Crippen LogP contribution in [0.2, 0.25) is 0 Å². The molecule has 0 fully saturated rings. The topological polar surface area (TPSA) is 16.4 Å². The standard InChI is InChI=1S/C56H35NOS/c1-3-11-36(12-4-1)41-24-29-48-49-30-27-44(35-53(49)58-52(48)34-41)57(51-32-31-47(38-13-5-2-6-14-38)56-55(51)50-17-9-10-18-54(50)59-56)43-25-21-37(22-26-43)40-23-28-46-42(33-40)20-19-39-15-7-8-16-45(39)46/h1-35H. The molecule has 0 aliphatic carbocycles. The van der Waals surface area contributed by atoms with Gasteiger partial charge in [-0.3, -0.25) is 0 Å². The van der Waals surface area contributed by atoms with Crippen molar-refractivity contribution >= 4 is 92.1 Å². The number of anilines is 3. The van der Waals surface area contributed by atoms with Gasteiger partial charge in [-0.1, -0.05) is 152 Å². The molecule has 0 aliphatic rings. The molecule has 0 spiro atoms. The molecule has 0 aliphatic heterocycles. The maximum absolute atomic E-state index is 6.71. The first-order valence-electron chi connectivity index (χ1n) is 20.1. The van der Waals surface area contributed by atoms with Gasteiger partial charge in [-0.05, 0) is 110 Å². The Kier molecular flexibility index (Phi) is 7.75. The molecule has 10 aromatic carbocycles. The van der Waals surface area contributed by atoms with Crippen LogP contribution in [0, 0.1) is 0 Å². The molecule has 2 nitrogen and oxygen atoms in total. The predicted octanol–water partition coefficient (Wildman–Crippen LogP) is 16.7. The van der Waals surface area contributed by atoms with Crippen molar-refractivity contribution in [2.75, 3.05) is 4.90 Å². The highest BCUT2D eigenvalue weighted by atomic mass is 32.1. The van der Waals surface area contributed by atoms with E-state index in [2.05, 4.69) is 217 Å². The van der Waals surface area contributed by atoms with Crippen LogP contribution in [-0.2, 0) is 0 Å². The molecule has 0 saturated heterocycles. The fourth-order valence-electron chi connectivity index (χ4n) is 8.98. The molecule has 0 bridgehead atoms. The molecule has 276 valence electrons. The number of fused-ring (bicyclic) bond motifs is 9. The summed E-state index contributed by atoms with van der Waals surface area (Å²) < 4.78 is 9.26. The number of furan rings is 1. The summed E-state index contributed by atoms with van der Waals surface area (Å²) >= 11 is 1.87. The van der Waals surface area contributed by atoms with Gasteiger partial charge < -0.3 is 9.32 Å². The zero-order valence-electron chi connectivity index (χ0n) is 32.0. The van der Waals surface area contributed by atoms with Crippen LogP contribution < -0.4 is 4.90 Å². The summed E-state index contributed by atoms with van der Waals surface area (Å²) in [5.41, 5.74) is 12.1. The lowest BCUT2D eigenvalue weighted by atomic mass is 9.97. The van der Waals surface area contributed by atoms with E-state index in [1.165, 1.54) is 69.5 Å². The fourth-order valence-corrected chi connectivity index (χ4v) is 10.2. The van der Waals surface area contributed by atoms with Crippen molar-refractivity contribution in [3.05, 3.63) is 212 Å². The van der Waals surface area contributed by atoms with Crippen LogP contribution in [0.4, 0.5) is 17.1 Å². The Labute approximate surface area is 345 Å². The highest BCUT2D eigenvalue weighted by Crippen LogP contribution is 2.49. The Balaban J connectivity index is 1.04. The quantitative estimate of drug-likeness (QED) is 0.157. The first-order chi connectivity index (χ1) is 29.2. The van der Waals surface area contributed by atoms with Gasteiger partial charge in [0.25, 0.3) is 0 Å². The van der Waals surface area contributed by atoms with Crippen LogP contribution in [-0.4, -0.2) is 0 Å². The molecule has 0 radical (unpaired) electrons. The van der Waals surface area contributed by atoms with Crippen LogP contribution in [0.1, 0.15) is 0 Å². The maximum atomic E-state index is 6.71. The number of rotatable bonds is 6. The molecule has 2 heterocycles. The monoisotopic (exact) mass is 769 g/mol. The fraction of sp³-hybridized carbons (Fsp3) is 0. The second kappa shape index (κ2) is 13.6. The van der Waals surface area contributed by atoms with Crippen molar-refractivity contribution in [3.8, 4) is 33.4 Å². The largest absolute Gasteiger partial charge is 0.456 e. The van der Waals surface area contributed by atoms with Gasteiger partial charge in [0.15, 0.2) is 0 Å². The average molecular weight is 770 g/mol. The van der Waals surface area contributed by atoms with E-state index in [4.69, 9.17) is 4.42 Å². The van der Waals surface area contributed by atoms with Gasteiger partial charge >= 0.3 is 0 Å². The minimum Gasteiger partial charge on any atom is -0.456 e. The van der Waals surface area contributed by atoms with E-state index in [0.717, 1.165) is 44.6 Å². The van der Waals surface area contributed by atoms with E-state index in [9.17, 15) is 0 Å². The Hall–Kier alpha value is -7.46. The van der Waals surface area contributed by atoms with Gasteiger partial charge in [-0.25, -0.2) is 0 Å². The number of nitrogens with zero attached hydrogens (tertiary/aromatic N) is 1. The molecular weight excluding hydrogens is 735 g/mol. The lowest BCUT2D eigenvalue weighted by molar-refractivity contribution is 0.669. The van der Waals surface area contributed by atoms with Crippen LogP contribution >= 0.6 is 11.3 Å². The third-order valence-electron chi connectivity index (χ3n) is 11.9. The van der Waals surface area contributed by atoms with Crippen LogP contribution in [0.15, 0.2) is 217 Å². The number of hydrogen-bond donors (Lipinski definition) is 0. The van der Waals surface area contributed by atoms with Crippen molar-refractivity contribution < 1.29 is 4.42 Å². The van der Waals surface area contributed by atoms with Crippen molar-refractivity contribution in [3.63, 3.8) is 0 Å². The van der Waals surface area contributed by atoms with Crippen molar-refractivity contribution in [1.82, 2.24) is 0 Å². The summed E-state index contributed by atoms with van der Waals surface area (Å²) in [5.74, 6) is 0. The van der Waals surface area contributed by atoms with E-state index in [0.29, 0.717) is 0 Å². The summed E-state index contributed by atoms with van der Waals surface area (Å²) in [6, 6.07) is 76.9. The Bertz CT molecular complexity index is 3550. The first-order valence-corrected chi connectivity index (χ1v) is 20.9. The third kappa shape index (κ3) is 5.62. The summed E-state index contributed by atoms with van der Waals surface area (Å²) in [6.45, 7) is 0. The molecular formula is C56H35NOS. The van der Waals surface area contributed by atoms with E-state index >= 15 is 0 Å². The van der Waals surface area contributed by atoms with Crippen LogP contribution in [0.5, 0.6) is 0 Å². The van der Waals surface area contributed by atoms with Crippen LogP contribution in [0.3, 0.4) is 0 Å². The summed E-state index contributed by atoms with van der Waals surface area (Å²) in [5, 5.41) is 9.78. The van der Waals surface area contributed by atoms with Crippen molar-refractivity contribution in [1.29, 1.82) is 0 Å². The number of thiophene rings is 1. The van der Waals surface area contributed by atoms with Gasteiger partial charge in [0.2, 0.25) is 0 Å². The molecule has 59 heavy (non-hydrogen) atoms. The average Bonchev–Trinajstić information content (AvgIpc) is 3.88. The van der Waals surface area contributed by atoms with Gasteiger partial charge in [0, 0.05) is 48.4 Å². The summed E-state index contributed by atoms with van der Waals surface area (Å²) in [4.78, 5) is 2.41. The maximum Gasteiger partial charge on any atom is 0.137 e. The van der Waals surface area contributed by atoms with Crippen molar-refractivity contribution in [2.45, 2.75) is 0 Å². The zero-order chi connectivity index (χ0) is 38.9. The van der Waals surface area contributed by atoms with Gasteiger partial charge in [-0.2, -0.15) is 0 Å². The van der Waals surface area contributed by atoms with Gasteiger partial charge in [0.05, 0.1) is 5.69 Å². The summed E-state index contributed by atoms with van der Waals surface area (Å²) in [6.07, 6.45) is 0. The van der Waals surface area contributed by atoms with E-state index < -0.39 is 0 Å². The smallest absolute Gasteiger partial charge is 0.137 e. The molecule has 3 heteroatoms. The normalized spacial score (nSPS) is 11.7. The van der Waals surface area contributed by atoms with Crippen LogP contribution in [0.25, 0.3) is 97.0 Å². The molecule has 12 rings (SSSR count). The second-order valence-corrected chi connectivity index (χ2v) is 16.3. The Morgan fingerprint density at radius 2 is 0.932 bits per heavy atom. The molecule has 0 amide bonds. The highest BCUT2D eigenvalue weighted by Gasteiger charge is 2.22. The third-order valence-corrected chi connectivity index (χ3v) is 13.1. The Morgan fingerprint density at radius 3 is 1.75 bits per heavy atom. The highest BCUT2D eigenvalue weighted by molar-refractivity contribution is 7.26. The molecule has 0 atom stereocenters. The first kappa shape index (κ1) is 33.7. The van der Waals surface area contributed by atoms with Gasteiger partial charge in [0.1, 0.15) is 11.2 Å². The minimum absolute atomic E-state index is 0.861. The predicted molar refractivity (Wildman–Crippen MR) is 253 cm³/mol. The van der Waals surface area contributed by atoms with Crippen molar-refractivity contribution in [2.24, 2.45) is 0 Å². The molecule has 2 aromatic heterocycles.